The third-order valence-corrected chi connectivity index (χ3v) is 4.57. The molecule has 3 rings (SSSR count). The van der Waals surface area contributed by atoms with Gasteiger partial charge in [0.1, 0.15) is 22.1 Å². The number of benzene rings is 2. The molecule has 3 aromatic rings. The molecule has 0 aliphatic carbocycles. The first-order chi connectivity index (χ1) is 12.0. The van der Waals surface area contributed by atoms with Crippen molar-refractivity contribution in [3.8, 4) is 0 Å². The Bertz CT molecular complexity index is 970. The van der Waals surface area contributed by atoms with Crippen LogP contribution in [0, 0.1) is 15.9 Å². The SMILES string of the molecule is CCOC(=O)c1c(Nc2ccc(F)cc2[N+](=O)[O-])sc2ccccc12. The fourth-order valence-corrected chi connectivity index (χ4v) is 3.53. The molecule has 0 aliphatic heterocycles. The van der Waals surface area contributed by atoms with Crippen LogP contribution in [0.25, 0.3) is 10.1 Å². The zero-order chi connectivity index (χ0) is 18.0. The van der Waals surface area contributed by atoms with Gasteiger partial charge in [-0.25, -0.2) is 9.18 Å². The second kappa shape index (κ2) is 6.86. The lowest BCUT2D eigenvalue weighted by Crippen LogP contribution is -2.07. The van der Waals surface area contributed by atoms with Crippen LogP contribution in [0.2, 0.25) is 0 Å². The summed E-state index contributed by atoms with van der Waals surface area (Å²) in [7, 11) is 0. The van der Waals surface area contributed by atoms with Crippen LogP contribution in [0.15, 0.2) is 42.5 Å². The number of rotatable bonds is 5. The first-order valence-electron chi connectivity index (χ1n) is 7.41. The van der Waals surface area contributed by atoms with E-state index in [0.29, 0.717) is 16.0 Å². The topological polar surface area (TPSA) is 81.5 Å². The van der Waals surface area contributed by atoms with E-state index in [4.69, 9.17) is 4.74 Å². The lowest BCUT2D eigenvalue weighted by atomic mass is 10.1. The summed E-state index contributed by atoms with van der Waals surface area (Å²) < 4.78 is 19.3. The molecule has 2 aromatic carbocycles. The molecule has 6 nitrogen and oxygen atoms in total. The van der Waals surface area contributed by atoms with Gasteiger partial charge in [0.2, 0.25) is 0 Å². The summed E-state index contributed by atoms with van der Waals surface area (Å²) in [5, 5.41) is 15.2. The molecule has 0 atom stereocenters. The number of esters is 1. The minimum absolute atomic E-state index is 0.100. The maximum Gasteiger partial charge on any atom is 0.341 e. The van der Waals surface area contributed by atoms with Crippen molar-refractivity contribution in [3.63, 3.8) is 0 Å². The van der Waals surface area contributed by atoms with Gasteiger partial charge in [0.05, 0.1) is 17.6 Å². The van der Waals surface area contributed by atoms with Gasteiger partial charge in [-0.1, -0.05) is 18.2 Å². The number of hydrogen-bond acceptors (Lipinski definition) is 6. The summed E-state index contributed by atoms with van der Waals surface area (Å²) >= 11 is 1.27. The van der Waals surface area contributed by atoms with E-state index in [1.807, 2.05) is 12.1 Å². The van der Waals surface area contributed by atoms with Crippen LogP contribution < -0.4 is 5.32 Å². The molecule has 0 bridgehead atoms. The summed E-state index contributed by atoms with van der Waals surface area (Å²) in [6, 6.07) is 10.5. The van der Waals surface area contributed by atoms with E-state index in [1.54, 1.807) is 19.1 Å². The minimum atomic E-state index is -0.709. The van der Waals surface area contributed by atoms with E-state index in [2.05, 4.69) is 5.32 Å². The van der Waals surface area contributed by atoms with E-state index in [0.717, 1.165) is 16.8 Å². The zero-order valence-corrected chi connectivity index (χ0v) is 13.9. The molecule has 0 fully saturated rings. The third-order valence-electron chi connectivity index (χ3n) is 3.48. The van der Waals surface area contributed by atoms with Crippen molar-refractivity contribution in [2.45, 2.75) is 6.92 Å². The second-order valence-corrected chi connectivity index (χ2v) is 6.12. The average molecular weight is 360 g/mol. The van der Waals surface area contributed by atoms with E-state index in [-0.39, 0.29) is 12.3 Å². The Labute approximate surface area is 146 Å². The lowest BCUT2D eigenvalue weighted by Gasteiger charge is -2.08. The number of nitrogens with zero attached hydrogens (tertiary/aromatic N) is 1. The summed E-state index contributed by atoms with van der Waals surface area (Å²) in [4.78, 5) is 22.8. The molecule has 0 amide bonds. The van der Waals surface area contributed by atoms with Crippen LogP contribution in [-0.4, -0.2) is 17.5 Å². The second-order valence-electron chi connectivity index (χ2n) is 5.07. The molecule has 1 aromatic heterocycles. The summed E-state index contributed by atoms with van der Waals surface area (Å²) in [5.74, 6) is -1.23. The monoisotopic (exact) mass is 360 g/mol. The lowest BCUT2D eigenvalue weighted by molar-refractivity contribution is -0.384. The number of nitro groups is 1. The molecule has 1 N–H and O–H groups in total. The van der Waals surface area contributed by atoms with E-state index >= 15 is 0 Å². The highest BCUT2D eigenvalue weighted by Gasteiger charge is 2.23. The number of hydrogen-bond donors (Lipinski definition) is 1. The van der Waals surface area contributed by atoms with Crippen LogP contribution in [-0.2, 0) is 4.74 Å². The van der Waals surface area contributed by atoms with Crippen LogP contribution in [0.5, 0.6) is 0 Å². The Kier molecular flexibility index (Phi) is 4.62. The van der Waals surface area contributed by atoms with Crippen LogP contribution in [0.3, 0.4) is 0 Å². The highest BCUT2D eigenvalue weighted by atomic mass is 32.1. The molecular weight excluding hydrogens is 347 g/mol. The van der Waals surface area contributed by atoms with Gasteiger partial charge in [0, 0.05) is 10.1 Å². The van der Waals surface area contributed by atoms with Crippen molar-refractivity contribution in [2.75, 3.05) is 11.9 Å². The van der Waals surface area contributed by atoms with E-state index in [9.17, 15) is 19.3 Å². The quantitative estimate of drug-likeness (QED) is 0.399. The number of thiophene rings is 1. The fraction of sp³-hybridized carbons (Fsp3) is 0.118. The summed E-state index contributed by atoms with van der Waals surface area (Å²) in [6.45, 7) is 1.91. The third kappa shape index (κ3) is 3.29. The standard InChI is InChI=1S/C17H13FN2O4S/c1-2-24-17(21)15-11-5-3-4-6-14(11)25-16(15)19-12-8-7-10(18)9-13(12)20(22)23/h3-9,19H,2H2,1H3. The average Bonchev–Trinajstić information content (AvgIpc) is 2.94. The van der Waals surface area contributed by atoms with Gasteiger partial charge in [0.15, 0.2) is 0 Å². The molecule has 0 spiro atoms. The highest BCUT2D eigenvalue weighted by molar-refractivity contribution is 7.23. The predicted molar refractivity (Wildman–Crippen MR) is 94.1 cm³/mol. The Morgan fingerprint density at radius 1 is 1.32 bits per heavy atom. The van der Waals surface area contributed by atoms with E-state index in [1.165, 1.54) is 17.4 Å². The maximum absolute atomic E-state index is 13.3. The normalized spacial score (nSPS) is 10.6. The summed E-state index contributed by atoms with van der Waals surface area (Å²) in [6.07, 6.45) is 0. The van der Waals surface area contributed by atoms with Crippen LogP contribution in [0.4, 0.5) is 20.8 Å². The number of nitro benzene ring substituents is 1. The molecular formula is C17H13FN2O4S. The van der Waals surface area contributed by atoms with Gasteiger partial charge in [-0.2, -0.15) is 0 Å². The van der Waals surface area contributed by atoms with Gasteiger partial charge in [-0.15, -0.1) is 11.3 Å². The fourth-order valence-electron chi connectivity index (χ4n) is 2.42. The van der Waals surface area contributed by atoms with Crippen molar-refractivity contribution in [1.29, 1.82) is 0 Å². The Morgan fingerprint density at radius 2 is 2.08 bits per heavy atom. The van der Waals surface area contributed by atoms with Gasteiger partial charge >= 0.3 is 5.97 Å². The Morgan fingerprint density at radius 3 is 2.80 bits per heavy atom. The Hall–Kier alpha value is -3.00. The first kappa shape index (κ1) is 16.8. The van der Waals surface area contributed by atoms with Crippen molar-refractivity contribution in [3.05, 3.63) is 64.0 Å². The number of halogens is 1. The molecule has 25 heavy (non-hydrogen) atoms. The number of fused-ring (bicyclic) bond motifs is 1. The molecule has 0 saturated carbocycles. The maximum atomic E-state index is 13.3. The number of carbonyl (C=O) groups is 1. The number of anilines is 2. The van der Waals surface area contributed by atoms with Crippen molar-refractivity contribution in [1.82, 2.24) is 0 Å². The van der Waals surface area contributed by atoms with Crippen molar-refractivity contribution >= 4 is 43.8 Å². The van der Waals surface area contributed by atoms with Crippen LogP contribution in [0.1, 0.15) is 17.3 Å². The van der Waals surface area contributed by atoms with Crippen LogP contribution >= 0.6 is 11.3 Å². The molecule has 1 heterocycles. The molecule has 8 heteroatoms. The van der Waals surface area contributed by atoms with Gasteiger partial charge in [0.25, 0.3) is 5.69 Å². The van der Waals surface area contributed by atoms with Crippen molar-refractivity contribution in [2.24, 2.45) is 0 Å². The molecule has 0 aliphatic rings. The minimum Gasteiger partial charge on any atom is -0.462 e. The molecule has 0 saturated heterocycles. The number of carbonyl (C=O) groups excluding carboxylic acids is 1. The first-order valence-corrected chi connectivity index (χ1v) is 8.22. The van der Waals surface area contributed by atoms with Crippen molar-refractivity contribution < 1.29 is 18.8 Å². The highest BCUT2D eigenvalue weighted by Crippen LogP contribution is 2.39. The summed E-state index contributed by atoms with van der Waals surface area (Å²) in [5.41, 5.74) is -0.00292. The molecule has 0 unspecified atom stereocenters. The molecule has 128 valence electrons. The Balaban J connectivity index is 2.12. The smallest absolute Gasteiger partial charge is 0.341 e. The zero-order valence-electron chi connectivity index (χ0n) is 13.1. The van der Waals surface area contributed by atoms with E-state index < -0.39 is 22.4 Å². The molecule has 0 radical (unpaired) electrons. The predicted octanol–water partition coefficient (Wildman–Crippen LogP) is 4.87. The number of nitrogens with one attached hydrogen (secondary N) is 1. The largest absolute Gasteiger partial charge is 0.462 e. The van der Waals surface area contributed by atoms with Gasteiger partial charge < -0.3 is 10.1 Å². The number of ether oxygens (including phenoxy) is 1. The van der Waals surface area contributed by atoms with Gasteiger partial charge in [-0.3, -0.25) is 10.1 Å². The van der Waals surface area contributed by atoms with Gasteiger partial charge in [-0.05, 0) is 25.1 Å².